The first kappa shape index (κ1) is 19.6. The molecule has 7 heteroatoms. The van der Waals surface area contributed by atoms with Crippen molar-refractivity contribution in [3.63, 3.8) is 0 Å². The smallest absolute Gasteiger partial charge is 0.334 e. The van der Waals surface area contributed by atoms with Crippen LogP contribution in [-0.2, 0) is 28.6 Å². The molecule has 0 radical (unpaired) electrons. The second-order valence-corrected chi connectivity index (χ2v) is 5.96. The third-order valence-electron chi connectivity index (χ3n) is 4.34. The second kappa shape index (κ2) is 8.12. The Morgan fingerprint density at radius 3 is 2.15 bits per heavy atom. The summed E-state index contributed by atoms with van der Waals surface area (Å²) < 4.78 is 15.2. The Labute approximate surface area is 152 Å². The van der Waals surface area contributed by atoms with E-state index in [0.717, 1.165) is 0 Å². The van der Waals surface area contributed by atoms with E-state index in [2.05, 4.69) is 4.99 Å². The van der Waals surface area contributed by atoms with E-state index in [4.69, 9.17) is 14.2 Å². The van der Waals surface area contributed by atoms with Gasteiger partial charge in [-0.1, -0.05) is 30.3 Å². The molecule has 1 heterocycles. The second-order valence-electron chi connectivity index (χ2n) is 5.96. The van der Waals surface area contributed by atoms with Crippen molar-refractivity contribution < 1.29 is 28.6 Å². The number of hydrogen-bond donors (Lipinski definition) is 0. The van der Waals surface area contributed by atoms with Gasteiger partial charge in [0.1, 0.15) is 11.8 Å². The van der Waals surface area contributed by atoms with Crippen LogP contribution in [0.3, 0.4) is 0 Å². The average molecular weight is 361 g/mol. The van der Waals surface area contributed by atoms with Crippen LogP contribution in [0.25, 0.3) is 0 Å². The molecule has 1 aromatic rings. The molecule has 0 saturated heterocycles. The monoisotopic (exact) mass is 361 g/mol. The maximum Gasteiger partial charge on any atom is 0.334 e. The fraction of sp³-hybridized carbons (Fsp3) is 0.474. The molecule has 0 saturated carbocycles. The van der Waals surface area contributed by atoms with Gasteiger partial charge in [0, 0.05) is 0 Å². The van der Waals surface area contributed by atoms with Gasteiger partial charge in [0.25, 0.3) is 0 Å². The third-order valence-corrected chi connectivity index (χ3v) is 4.34. The van der Waals surface area contributed by atoms with E-state index >= 15 is 0 Å². The first-order valence-corrected chi connectivity index (χ1v) is 8.47. The average Bonchev–Trinajstić information content (AvgIpc) is 2.97. The van der Waals surface area contributed by atoms with Crippen LogP contribution < -0.4 is 0 Å². The molecule has 0 aromatic heterocycles. The lowest BCUT2D eigenvalue weighted by molar-refractivity contribution is -0.164. The minimum atomic E-state index is -1.58. The molecule has 0 fully saturated rings. The number of rotatable bonds is 6. The fourth-order valence-corrected chi connectivity index (χ4v) is 3.18. The number of carbonyl (C=O) groups is 3. The molecule has 140 valence electrons. The van der Waals surface area contributed by atoms with Crippen molar-refractivity contribution in [3.05, 3.63) is 35.9 Å². The van der Waals surface area contributed by atoms with Gasteiger partial charge >= 0.3 is 17.9 Å². The molecule has 1 aliphatic heterocycles. The predicted octanol–water partition coefficient (Wildman–Crippen LogP) is 1.78. The summed E-state index contributed by atoms with van der Waals surface area (Å²) in [6.45, 7) is 5.05. The highest BCUT2D eigenvalue weighted by Crippen LogP contribution is 2.41. The van der Waals surface area contributed by atoms with Crippen LogP contribution in [0.1, 0.15) is 26.3 Å². The minimum absolute atomic E-state index is 0.114. The van der Waals surface area contributed by atoms with Crippen molar-refractivity contribution in [2.45, 2.75) is 26.3 Å². The highest BCUT2D eigenvalue weighted by Gasteiger charge is 2.60. The summed E-state index contributed by atoms with van der Waals surface area (Å²) >= 11 is 0. The molecule has 3 atom stereocenters. The molecule has 7 nitrogen and oxygen atoms in total. The van der Waals surface area contributed by atoms with E-state index in [1.54, 1.807) is 38.1 Å². The molecular weight excluding hydrogens is 338 g/mol. The summed E-state index contributed by atoms with van der Waals surface area (Å²) in [5.74, 6) is -4.24. The van der Waals surface area contributed by atoms with Crippen molar-refractivity contribution in [2.75, 3.05) is 20.3 Å². The molecule has 0 N–H and O–H groups in total. The van der Waals surface area contributed by atoms with Gasteiger partial charge in [-0.3, -0.25) is 14.6 Å². The first-order chi connectivity index (χ1) is 12.4. The normalized spacial score (nSPS) is 24.5. The van der Waals surface area contributed by atoms with Crippen molar-refractivity contribution >= 4 is 23.6 Å². The zero-order valence-electron chi connectivity index (χ0n) is 15.4. The summed E-state index contributed by atoms with van der Waals surface area (Å²) in [4.78, 5) is 42.3. The van der Waals surface area contributed by atoms with E-state index in [0.29, 0.717) is 11.3 Å². The largest absolute Gasteiger partial charge is 0.467 e. The standard InChI is InChI=1S/C19H23NO6/c1-5-25-16(21)13-14(17(22)26-6-2)19(3,18(23)24-4)20-15(13)12-10-8-7-9-11-12/h7-11,13-14H,5-6H2,1-4H3/t13-,14+,19-/m0/s1. The molecule has 0 bridgehead atoms. The van der Waals surface area contributed by atoms with Crippen LogP contribution in [0.15, 0.2) is 35.3 Å². The van der Waals surface area contributed by atoms with E-state index in [1.807, 2.05) is 6.07 Å². The molecule has 0 spiro atoms. The van der Waals surface area contributed by atoms with E-state index in [9.17, 15) is 14.4 Å². The Morgan fingerprint density at radius 2 is 1.62 bits per heavy atom. The lowest BCUT2D eigenvalue weighted by Gasteiger charge is -2.27. The first-order valence-electron chi connectivity index (χ1n) is 8.47. The number of hydrogen-bond acceptors (Lipinski definition) is 7. The van der Waals surface area contributed by atoms with Gasteiger partial charge < -0.3 is 14.2 Å². The van der Waals surface area contributed by atoms with E-state index in [1.165, 1.54) is 14.0 Å². The zero-order valence-corrected chi connectivity index (χ0v) is 15.4. The quantitative estimate of drug-likeness (QED) is 0.567. The fourth-order valence-electron chi connectivity index (χ4n) is 3.18. The van der Waals surface area contributed by atoms with Crippen molar-refractivity contribution in [1.82, 2.24) is 0 Å². The van der Waals surface area contributed by atoms with E-state index in [-0.39, 0.29) is 13.2 Å². The van der Waals surface area contributed by atoms with Gasteiger partial charge in [-0.05, 0) is 26.3 Å². The Bertz CT molecular complexity index is 714. The Hall–Kier alpha value is -2.70. The molecule has 1 aromatic carbocycles. The highest BCUT2D eigenvalue weighted by atomic mass is 16.5. The van der Waals surface area contributed by atoms with Crippen LogP contribution in [0, 0.1) is 11.8 Å². The van der Waals surface area contributed by atoms with Crippen molar-refractivity contribution in [1.29, 1.82) is 0 Å². The number of methoxy groups -OCH3 is 1. The number of benzene rings is 1. The SMILES string of the molecule is CCOC(=O)[C@@H]1C(c2ccccc2)=N[C@](C)(C(=O)OC)[C@H]1C(=O)OCC. The van der Waals surface area contributed by atoms with Crippen molar-refractivity contribution in [2.24, 2.45) is 16.8 Å². The Kier molecular flexibility index (Phi) is 6.13. The maximum atomic E-state index is 12.7. The highest BCUT2D eigenvalue weighted by molar-refractivity contribution is 6.18. The molecule has 0 unspecified atom stereocenters. The Balaban J connectivity index is 2.63. The minimum Gasteiger partial charge on any atom is -0.467 e. The van der Waals surface area contributed by atoms with Crippen molar-refractivity contribution in [3.8, 4) is 0 Å². The molecule has 0 aliphatic carbocycles. The van der Waals surface area contributed by atoms with Gasteiger partial charge in [-0.25, -0.2) is 4.79 Å². The summed E-state index contributed by atoms with van der Waals surface area (Å²) in [5.41, 5.74) is -0.633. The molecule has 2 rings (SSSR count). The topological polar surface area (TPSA) is 91.3 Å². The lowest BCUT2D eigenvalue weighted by atomic mass is 9.77. The summed E-state index contributed by atoms with van der Waals surface area (Å²) in [6, 6.07) is 8.91. The van der Waals surface area contributed by atoms with Crippen LogP contribution >= 0.6 is 0 Å². The van der Waals surface area contributed by atoms with Gasteiger partial charge in [0.2, 0.25) is 0 Å². The van der Waals surface area contributed by atoms with Crippen LogP contribution in [-0.4, -0.2) is 49.5 Å². The number of nitrogens with zero attached hydrogens (tertiary/aromatic N) is 1. The molecular formula is C19H23NO6. The molecule has 1 aliphatic rings. The Morgan fingerprint density at radius 1 is 1.04 bits per heavy atom. The summed E-state index contributed by atoms with van der Waals surface area (Å²) in [5, 5.41) is 0. The number of ether oxygens (including phenoxy) is 3. The van der Waals surface area contributed by atoms with Crippen LogP contribution in [0.4, 0.5) is 0 Å². The number of carbonyl (C=O) groups excluding carboxylic acids is 3. The molecule has 0 amide bonds. The zero-order chi connectivity index (χ0) is 19.3. The number of esters is 3. The molecule has 26 heavy (non-hydrogen) atoms. The van der Waals surface area contributed by atoms with Crippen LogP contribution in [0.5, 0.6) is 0 Å². The maximum absolute atomic E-state index is 12.7. The lowest BCUT2D eigenvalue weighted by Crippen LogP contribution is -2.48. The van der Waals surface area contributed by atoms with Gasteiger partial charge in [-0.15, -0.1) is 0 Å². The van der Waals surface area contributed by atoms with Gasteiger partial charge in [-0.2, -0.15) is 0 Å². The van der Waals surface area contributed by atoms with Crippen LogP contribution in [0.2, 0.25) is 0 Å². The summed E-state index contributed by atoms with van der Waals surface area (Å²) in [6.07, 6.45) is 0. The van der Waals surface area contributed by atoms with E-state index < -0.39 is 35.3 Å². The van der Waals surface area contributed by atoms with Gasteiger partial charge in [0.05, 0.1) is 26.0 Å². The number of aliphatic imine (C=N–C) groups is 1. The predicted molar refractivity (Wildman–Crippen MR) is 93.6 cm³/mol. The summed E-state index contributed by atoms with van der Waals surface area (Å²) in [7, 11) is 1.21. The third kappa shape index (κ3) is 3.47. The van der Waals surface area contributed by atoms with Gasteiger partial charge in [0.15, 0.2) is 5.54 Å².